The lowest BCUT2D eigenvalue weighted by molar-refractivity contribution is 0.716. The van der Waals surface area contributed by atoms with Gasteiger partial charge >= 0.3 is 0 Å². The number of nitrogens with one attached hydrogen (secondary N) is 2. The van der Waals surface area contributed by atoms with E-state index in [1.54, 1.807) is 0 Å². The van der Waals surface area contributed by atoms with Crippen molar-refractivity contribution in [2.24, 2.45) is 26.1 Å². The first-order chi connectivity index (χ1) is 3.91. The predicted molar refractivity (Wildman–Crippen MR) is 19.7 cm³/mol. The van der Waals surface area contributed by atoms with Crippen LogP contribution in [0.25, 0.3) is 0 Å². The van der Waals surface area contributed by atoms with Crippen molar-refractivity contribution in [3.05, 3.63) is 0 Å². The van der Waals surface area contributed by atoms with Gasteiger partial charge in [-0.2, -0.15) is 5.53 Å². The van der Waals surface area contributed by atoms with Crippen LogP contribution in [0.15, 0.2) is 26.1 Å². The van der Waals surface area contributed by atoms with Gasteiger partial charge in [-0.1, -0.05) is 0 Å². The maximum atomic E-state index is 6.02. The van der Waals surface area contributed by atoms with E-state index < -0.39 is 0 Å². The first-order valence-electron chi connectivity index (χ1n) is 1.45. The second kappa shape index (κ2) is 5.40. The van der Waals surface area contributed by atoms with Crippen LogP contribution in [0, 0.1) is 11.1 Å². The molecule has 8 nitrogen and oxygen atoms in total. The fourth-order valence-corrected chi connectivity index (χ4v) is 0.0758. The van der Waals surface area contributed by atoms with Gasteiger partial charge in [-0.15, -0.1) is 5.53 Å². The molecule has 41 valence electrons. The van der Waals surface area contributed by atoms with Crippen LogP contribution in [-0.4, -0.2) is 0 Å². The lowest BCUT2D eigenvalue weighted by Crippen LogP contribution is -1.63. The zero-order valence-electron chi connectivity index (χ0n) is 3.68. The van der Waals surface area contributed by atoms with Crippen molar-refractivity contribution in [1.29, 1.82) is 11.1 Å². The highest BCUT2D eigenvalue weighted by Crippen LogP contribution is 1.68. The van der Waals surface area contributed by atoms with Gasteiger partial charge in [-0.3, -0.25) is 0 Å². The number of hydrogen-bond donors (Lipinski definition) is 2. The van der Waals surface area contributed by atoms with Crippen LogP contribution < -0.4 is 5.22 Å². The van der Waals surface area contributed by atoms with Gasteiger partial charge in [0.15, 0.2) is 20.9 Å². The van der Waals surface area contributed by atoms with E-state index in [0.717, 1.165) is 0 Å². The Kier molecular flexibility index (Phi) is 4.32. The molecule has 8 heavy (non-hydrogen) atoms. The zero-order valence-corrected chi connectivity index (χ0v) is 3.68. The van der Waals surface area contributed by atoms with Gasteiger partial charge in [0.25, 0.3) is 0 Å². The molecule has 0 fully saturated rings. The Labute approximate surface area is 43.7 Å². The van der Waals surface area contributed by atoms with Gasteiger partial charge in [0.1, 0.15) is 5.22 Å². The molecule has 0 aliphatic heterocycles. The highest BCUT2D eigenvalue weighted by Gasteiger charge is 1.75. The van der Waals surface area contributed by atoms with Gasteiger partial charge in [0, 0.05) is 0 Å². The Bertz CT molecular complexity index is 100. The summed E-state index contributed by atoms with van der Waals surface area (Å²) < 4.78 is 0. The van der Waals surface area contributed by atoms with Crippen molar-refractivity contribution in [2.75, 3.05) is 0 Å². The van der Waals surface area contributed by atoms with Crippen LogP contribution in [0.5, 0.6) is 0 Å². The topological polar surface area (TPSA) is 124 Å². The Morgan fingerprint density at radius 2 is 1.88 bits per heavy atom. The van der Waals surface area contributed by atoms with Crippen molar-refractivity contribution < 1.29 is 0 Å². The summed E-state index contributed by atoms with van der Waals surface area (Å²) in [4.78, 5) is 0. The third-order valence-corrected chi connectivity index (χ3v) is 0.209. The molecule has 0 aromatic heterocycles. The summed E-state index contributed by atoms with van der Waals surface area (Å²) in [5.74, 6) is 0. The van der Waals surface area contributed by atoms with E-state index in [1.807, 2.05) is 0 Å². The lowest BCUT2D eigenvalue weighted by Gasteiger charge is -1.47. The fourth-order valence-electron chi connectivity index (χ4n) is 0.0758. The van der Waals surface area contributed by atoms with Crippen molar-refractivity contribution in [3.8, 4) is 0 Å². The normalized spacial score (nSPS) is 10.5. The largest absolute Gasteiger partial charge is 0.171 e. The van der Waals surface area contributed by atoms with E-state index in [-0.39, 0.29) is 0 Å². The molecule has 0 saturated heterocycles. The average Bonchev–Trinajstić information content (AvgIpc) is 1.81. The quantitative estimate of drug-likeness (QED) is 0.401. The average molecular weight is 114 g/mol. The molecule has 0 spiro atoms. The first kappa shape index (κ1) is 6.40. The summed E-state index contributed by atoms with van der Waals surface area (Å²) >= 11 is 0. The summed E-state index contributed by atoms with van der Waals surface area (Å²) in [5.41, 5.74) is 12.0. The van der Waals surface area contributed by atoms with Crippen molar-refractivity contribution in [2.45, 2.75) is 0 Å². The highest BCUT2D eigenvalue weighted by molar-refractivity contribution is 3.96. The highest BCUT2D eigenvalue weighted by atomic mass is 15.6. The SMILES string of the molecule is N=NN=N[N+]=NN=N. The van der Waals surface area contributed by atoms with Gasteiger partial charge in [0.2, 0.25) is 0 Å². The zero-order chi connectivity index (χ0) is 6.24. The Morgan fingerprint density at radius 1 is 1.12 bits per heavy atom. The number of rotatable bonds is 3. The minimum Gasteiger partial charge on any atom is -0.168 e. The molecule has 0 heterocycles. The smallest absolute Gasteiger partial charge is 0.168 e. The Balaban J connectivity index is 3.41. The van der Waals surface area contributed by atoms with Gasteiger partial charge in [-0.05, 0) is 0 Å². The van der Waals surface area contributed by atoms with Crippen LogP contribution in [0.4, 0.5) is 0 Å². The summed E-state index contributed by atoms with van der Waals surface area (Å²) in [6.07, 6.45) is 0. The molecule has 0 atom stereocenters. The summed E-state index contributed by atoms with van der Waals surface area (Å²) in [7, 11) is 0. The molecule has 1 radical (unpaired) electrons. The van der Waals surface area contributed by atoms with E-state index in [4.69, 9.17) is 11.1 Å². The monoisotopic (exact) mass is 114 g/mol. The van der Waals surface area contributed by atoms with E-state index in [1.165, 1.54) is 0 Å². The minimum atomic E-state index is 2.46. The number of hydrogen-bond acceptors (Lipinski definition) is 2. The van der Waals surface area contributed by atoms with E-state index >= 15 is 0 Å². The maximum absolute atomic E-state index is 6.02. The van der Waals surface area contributed by atoms with Crippen molar-refractivity contribution >= 4 is 0 Å². The molecule has 0 rings (SSSR count). The van der Waals surface area contributed by atoms with E-state index in [0.29, 0.717) is 0 Å². The standard InChI is InChI=1S/H2N8/c1-3-5-7-8-6-4-2/h1-2H/q+1. The molecule has 0 aromatic carbocycles. The molecule has 8 heteroatoms. The Hall–Kier alpha value is -1.60. The van der Waals surface area contributed by atoms with Crippen LogP contribution in [0.1, 0.15) is 0 Å². The van der Waals surface area contributed by atoms with Gasteiger partial charge in [0.05, 0.1) is 5.22 Å². The molecule has 0 aromatic rings. The molecular formula is H2N8+. The van der Waals surface area contributed by atoms with Crippen LogP contribution >= 0.6 is 0 Å². The molecular weight excluding hydrogens is 112 g/mol. The molecule has 0 amide bonds. The molecule has 0 bridgehead atoms. The summed E-state index contributed by atoms with van der Waals surface area (Å²) in [6.45, 7) is 0. The molecule has 0 aliphatic rings. The second-order valence-electron chi connectivity index (χ2n) is 0.558. The summed E-state index contributed by atoms with van der Waals surface area (Å²) in [5, 5.41) is 16.0. The molecule has 0 aliphatic carbocycles. The summed E-state index contributed by atoms with van der Waals surface area (Å²) in [6, 6.07) is 0. The Morgan fingerprint density at radius 3 is 2.38 bits per heavy atom. The fraction of sp³-hybridized carbons (Fsp3) is 0. The molecule has 2 N–H and O–H groups in total. The third kappa shape index (κ3) is 4.40. The van der Waals surface area contributed by atoms with Crippen LogP contribution in [0.2, 0.25) is 0 Å². The van der Waals surface area contributed by atoms with Crippen molar-refractivity contribution in [1.82, 2.24) is 5.22 Å². The van der Waals surface area contributed by atoms with Crippen LogP contribution in [-0.2, 0) is 0 Å². The maximum Gasteiger partial charge on any atom is 0.171 e. The second-order valence-corrected chi connectivity index (χ2v) is 0.558. The van der Waals surface area contributed by atoms with Crippen molar-refractivity contribution in [3.63, 3.8) is 0 Å². The molecule has 0 saturated carbocycles. The lowest BCUT2D eigenvalue weighted by atomic mass is 12.4. The van der Waals surface area contributed by atoms with Gasteiger partial charge in [-0.25, -0.2) is 0 Å². The van der Waals surface area contributed by atoms with E-state index in [9.17, 15) is 0 Å². The molecule has 0 unspecified atom stereocenters. The predicted octanol–water partition coefficient (Wildman–Crippen LogP) is 1.03. The minimum absolute atomic E-state index is 2.46. The number of nitrogens with zero attached hydrogens (tertiary/aromatic N) is 6. The van der Waals surface area contributed by atoms with Gasteiger partial charge < -0.3 is 0 Å². The first-order valence-corrected chi connectivity index (χ1v) is 1.45. The van der Waals surface area contributed by atoms with Crippen LogP contribution in [0.3, 0.4) is 0 Å². The van der Waals surface area contributed by atoms with E-state index in [2.05, 4.69) is 31.3 Å². The third-order valence-electron chi connectivity index (χ3n) is 0.209.